The van der Waals surface area contributed by atoms with Crippen LogP contribution in [0.25, 0.3) is 11.3 Å². The van der Waals surface area contributed by atoms with Crippen LogP contribution in [0.15, 0.2) is 22.8 Å². The van der Waals surface area contributed by atoms with E-state index in [2.05, 4.69) is 0 Å². The maximum atomic E-state index is 13.3. The van der Waals surface area contributed by atoms with E-state index in [1.54, 1.807) is 6.07 Å². The Kier molecular flexibility index (Phi) is 2.75. The van der Waals surface area contributed by atoms with Crippen LogP contribution >= 0.6 is 11.6 Å². The van der Waals surface area contributed by atoms with Gasteiger partial charge in [-0.2, -0.15) is 0 Å². The van der Waals surface area contributed by atoms with Crippen molar-refractivity contribution >= 4 is 29.1 Å². The second-order valence-electron chi connectivity index (χ2n) is 7.88. The smallest absolute Gasteiger partial charge is 0.240 e. The van der Waals surface area contributed by atoms with E-state index in [1.165, 1.54) is 11.2 Å². The molecule has 0 radical (unpaired) electrons. The van der Waals surface area contributed by atoms with Crippen molar-refractivity contribution in [2.75, 3.05) is 4.90 Å². The quantitative estimate of drug-likeness (QED) is 0.727. The molecule has 0 aromatic heterocycles. The van der Waals surface area contributed by atoms with Gasteiger partial charge in [-0.15, -0.1) is 0 Å². The summed E-state index contributed by atoms with van der Waals surface area (Å²) in [4.78, 5) is 27.9. The molecule has 4 unspecified atom stereocenters. The number of nitrogens with zero attached hydrogens (tertiary/aromatic N) is 1. The molecule has 130 valence electrons. The maximum Gasteiger partial charge on any atom is 0.240 e. The SMILES string of the molecule is Cc1cc2occc(Cl)c-2c1N1C(=O)C2C(C1=O)C1(C)CCC2(C)O1. The predicted octanol–water partition coefficient (Wildman–Crippen LogP) is 3.79. The number of aryl methyl sites for hydroxylation is 1. The second-order valence-corrected chi connectivity index (χ2v) is 8.29. The van der Waals surface area contributed by atoms with Gasteiger partial charge >= 0.3 is 0 Å². The third-order valence-electron chi connectivity index (χ3n) is 6.28. The summed E-state index contributed by atoms with van der Waals surface area (Å²) >= 11 is 6.36. The van der Waals surface area contributed by atoms with Crippen LogP contribution < -0.4 is 4.90 Å². The zero-order valence-corrected chi connectivity index (χ0v) is 15.0. The van der Waals surface area contributed by atoms with E-state index < -0.39 is 23.0 Å². The Hall–Kier alpha value is -1.85. The first kappa shape index (κ1) is 15.4. The molecule has 25 heavy (non-hydrogen) atoms. The summed E-state index contributed by atoms with van der Waals surface area (Å²) in [7, 11) is 0. The van der Waals surface area contributed by atoms with E-state index in [-0.39, 0.29) is 11.8 Å². The maximum absolute atomic E-state index is 13.3. The van der Waals surface area contributed by atoms with Crippen molar-refractivity contribution in [3.8, 4) is 11.3 Å². The van der Waals surface area contributed by atoms with Crippen LogP contribution in [0.2, 0.25) is 5.02 Å². The Morgan fingerprint density at radius 1 is 1.16 bits per heavy atom. The lowest BCUT2D eigenvalue weighted by molar-refractivity contribution is -0.129. The zero-order chi connectivity index (χ0) is 17.7. The number of rotatable bonds is 1. The van der Waals surface area contributed by atoms with E-state index in [4.69, 9.17) is 20.8 Å². The van der Waals surface area contributed by atoms with E-state index in [1.807, 2.05) is 26.8 Å². The van der Waals surface area contributed by atoms with Crippen molar-refractivity contribution in [2.24, 2.45) is 11.8 Å². The molecule has 2 bridgehead atoms. The third-order valence-corrected chi connectivity index (χ3v) is 6.60. The van der Waals surface area contributed by atoms with E-state index in [9.17, 15) is 9.59 Å². The summed E-state index contributed by atoms with van der Waals surface area (Å²) in [6, 6.07) is 3.45. The van der Waals surface area contributed by atoms with Crippen molar-refractivity contribution in [3.05, 3.63) is 29.0 Å². The minimum atomic E-state index is -0.564. The average Bonchev–Trinajstić information content (AvgIpc) is 3.18. The molecule has 5 aliphatic rings. The van der Waals surface area contributed by atoms with Gasteiger partial charge in [0.2, 0.25) is 11.8 Å². The van der Waals surface area contributed by atoms with Gasteiger partial charge in [-0.05, 0) is 51.3 Å². The van der Waals surface area contributed by atoms with Gasteiger partial charge in [-0.1, -0.05) is 11.6 Å². The standard InChI is InChI=1S/C19H18ClNO4/c1-9-8-11-12(10(20)4-7-24-11)15(9)21-16(22)13-14(17(21)23)19(3)6-5-18(13,2)25-19/h4,7-8,13-14H,5-6H2,1-3H3. The third kappa shape index (κ3) is 1.68. The van der Waals surface area contributed by atoms with E-state index in [0.29, 0.717) is 22.0 Å². The molecule has 0 N–H and O–H groups in total. The number of ether oxygens (including phenoxy) is 1. The summed E-state index contributed by atoms with van der Waals surface area (Å²) < 4.78 is 11.7. The Morgan fingerprint density at radius 3 is 2.36 bits per heavy atom. The van der Waals surface area contributed by atoms with Gasteiger partial charge in [0, 0.05) is 0 Å². The molecule has 4 heterocycles. The zero-order valence-electron chi connectivity index (χ0n) is 14.3. The number of halogens is 1. The largest absolute Gasteiger partial charge is 0.464 e. The van der Waals surface area contributed by atoms with Crippen LogP contribution in [0, 0.1) is 18.8 Å². The molecule has 5 rings (SSSR count). The lowest BCUT2D eigenvalue weighted by Crippen LogP contribution is -2.40. The minimum Gasteiger partial charge on any atom is -0.464 e. The molecule has 0 aromatic carbocycles. The highest BCUT2D eigenvalue weighted by molar-refractivity contribution is 6.35. The highest BCUT2D eigenvalue weighted by Gasteiger charge is 2.72. The molecule has 5 nitrogen and oxygen atoms in total. The highest BCUT2D eigenvalue weighted by atomic mass is 35.5. The van der Waals surface area contributed by atoms with Crippen LogP contribution in [0.1, 0.15) is 32.3 Å². The predicted molar refractivity (Wildman–Crippen MR) is 91.7 cm³/mol. The Bertz CT molecular complexity index is 886. The molecule has 4 atom stereocenters. The molecule has 6 heteroatoms. The monoisotopic (exact) mass is 359 g/mol. The van der Waals surface area contributed by atoms with Gasteiger partial charge < -0.3 is 9.15 Å². The lowest BCUT2D eigenvalue weighted by atomic mass is 9.69. The molecule has 0 saturated carbocycles. The van der Waals surface area contributed by atoms with Gasteiger partial charge in [0.25, 0.3) is 0 Å². The molecule has 0 aromatic rings. The van der Waals surface area contributed by atoms with Gasteiger partial charge in [-0.25, -0.2) is 4.90 Å². The average molecular weight is 360 g/mol. The first-order valence-electron chi connectivity index (χ1n) is 8.51. The van der Waals surface area contributed by atoms with Crippen molar-refractivity contribution in [1.29, 1.82) is 0 Å². The normalized spacial score (nSPS) is 36.7. The Labute approximate surface area is 150 Å². The molecule has 0 spiro atoms. The van der Waals surface area contributed by atoms with Gasteiger partial charge in [-0.3, -0.25) is 9.59 Å². The van der Waals surface area contributed by atoms with Crippen molar-refractivity contribution in [2.45, 2.75) is 44.8 Å². The number of imide groups is 1. The fourth-order valence-corrected chi connectivity index (χ4v) is 5.44. The molecule has 4 aliphatic heterocycles. The molecule has 1 aliphatic carbocycles. The Morgan fingerprint density at radius 2 is 1.76 bits per heavy atom. The number of carbonyl (C=O) groups excluding carboxylic acids is 2. The molecule has 3 fully saturated rings. The Balaban J connectivity index is 1.70. The van der Waals surface area contributed by atoms with Gasteiger partial charge in [0.05, 0.1) is 45.6 Å². The second kappa shape index (κ2) is 4.46. The van der Waals surface area contributed by atoms with E-state index in [0.717, 1.165) is 18.4 Å². The fourth-order valence-electron chi connectivity index (χ4n) is 5.20. The van der Waals surface area contributed by atoms with Crippen LogP contribution in [-0.2, 0) is 14.3 Å². The highest BCUT2D eigenvalue weighted by Crippen LogP contribution is 2.61. The summed E-state index contributed by atoms with van der Waals surface area (Å²) in [5.41, 5.74) is 0.848. The molecule has 3 saturated heterocycles. The van der Waals surface area contributed by atoms with Gasteiger partial charge in [0.15, 0.2) is 0 Å². The summed E-state index contributed by atoms with van der Waals surface area (Å²) in [5, 5.41) is 0.471. The summed E-state index contributed by atoms with van der Waals surface area (Å²) in [6.45, 7) is 5.77. The number of fused-ring (bicyclic) bond motifs is 6. The first-order chi connectivity index (χ1) is 11.8. The van der Waals surface area contributed by atoms with Crippen molar-refractivity contribution in [1.82, 2.24) is 0 Å². The van der Waals surface area contributed by atoms with Crippen LogP contribution in [0.3, 0.4) is 0 Å². The number of hydrogen-bond acceptors (Lipinski definition) is 4. The van der Waals surface area contributed by atoms with Crippen LogP contribution in [0.4, 0.5) is 5.69 Å². The summed E-state index contributed by atoms with van der Waals surface area (Å²) in [6.07, 6.45) is 3.11. The first-order valence-corrected chi connectivity index (χ1v) is 8.89. The molecule has 2 amide bonds. The lowest BCUT2D eigenvalue weighted by Gasteiger charge is -2.27. The summed E-state index contributed by atoms with van der Waals surface area (Å²) in [5.74, 6) is -0.646. The number of hydrogen-bond donors (Lipinski definition) is 0. The fraction of sp³-hybridized carbons (Fsp3) is 0.474. The van der Waals surface area contributed by atoms with Crippen LogP contribution in [-0.4, -0.2) is 23.0 Å². The van der Waals surface area contributed by atoms with Crippen LogP contribution in [0.5, 0.6) is 0 Å². The number of amides is 2. The number of anilines is 1. The topological polar surface area (TPSA) is 59.8 Å². The molecular formula is C19H18ClNO4. The number of carbonyl (C=O) groups is 2. The van der Waals surface area contributed by atoms with Crippen molar-refractivity contribution in [3.63, 3.8) is 0 Å². The molecular weight excluding hydrogens is 342 g/mol. The van der Waals surface area contributed by atoms with E-state index >= 15 is 0 Å². The van der Waals surface area contributed by atoms with Crippen molar-refractivity contribution < 1.29 is 18.7 Å². The minimum absolute atomic E-state index is 0.184. The van der Waals surface area contributed by atoms with Gasteiger partial charge in [0.1, 0.15) is 5.76 Å².